The highest BCUT2D eigenvalue weighted by atomic mass is 32.1. The lowest BCUT2D eigenvalue weighted by Crippen LogP contribution is -2.11. The van der Waals surface area contributed by atoms with Gasteiger partial charge in [0.2, 0.25) is 0 Å². The molecular formula is C16H22N2O3S. The van der Waals surface area contributed by atoms with Gasteiger partial charge < -0.3 is 15.2 Å². The molecule has 2 N–H and O–H groups in total. The molecule has 22 heavy (non-hydrogen) atoms. The van der Waals surface area contributed by atoms with E-state index in [-0.39, 0.29) is 6.61 Å². The Balaban J connectivity index is 2.03. The van der Waals surface area contributed by atoms with Gasteiger partial charge in [-0.15, -0.1) is 11.3 Å². The van der Waals surface area contributed by atoms with Crippen LogP contribution < -0.4 is 5.73 Å². The highest BCUT2D eigenvalue weighted by Gasteiger charge is 2.20. The van der Waals surface area contributed by atoms with Gasteiger partial charge in [-0.2, -0.15) is 0 Å². The van der Waals surface area contributed by atoms with Crippen molar-refractivity contribution in [1.29, 1.82) is 0 Å². The van der Waals surface area contributed by atoms with Gasteiger partial charge in [-0.1, -0.05) is 13.3 Å². The number of fused-ring (bicyclic) bond motifs is 1. The van der Waals surface area contributed by atoms with Gasteiger partial charge in [0.15, 0.2) is 0 Å². The number of pyridine rings is 1. The largest absolute Gasteiger partial charge is 0.459 e. The van der Waals surface area contributed by atoms with Gasteiger partial charge in [-0.3, -0.25) is 0 Å². The number of hydrogen-bond acceptors (Lipinski definition) is 6. The van der Waals surface area contributed by atoms with Crippen molar-refractivity contribution in [2.24, 2.45) is 0 Å². The third-order valence-corrected chi connectivity index (χ3v) is 4.39. The van der Waals surface area contributed by atoms with E-state index in [4.69, 9.17) is 15.2 Å². The zero-order valence-corrected chi connectivity index (χ0v) is 14.1. The average molecular weight is 322 g/mol. The molecule has 0 fully saturated rings. The molecule has 0 aliphatic heterocycles. The lowest BCUT2D eigenvalue weighted by molar-refractivity contribution is 0.0319. The average Bonchev–Trinajstić information content (AvgIpc) is 2.79. The summed E-state index contributed by atoms with van der Waals surface area (Å²) >= 11 is 1.28. The van der Waals surface area contributed by atoms with Crippen LogP contribution >= 0.6 is 11.3 Å². The van der Waals surface area contributed by atoms with Crippen molar-refractivity contribution in [3.05, 3.63) is 22.2 Å². The molecule has 0 unspecified atom stereocenters. The number of esters is 1. The first-order chi connectivity index (χ1) is 10.5. The third kappa shape index (κ3) is 3.75. The Morgan fingerprint density at radius 1 is 1.32 bits per heavy atom. The molecule has 0 saturated carbocycles. The number of anilines is 1. The van der Waals surface area contributed by atoms with E-state index in [0.29, 0.717) is 23.8 Å². The lowest BCUT2D eigenvalue weighted by atomic mass is 10.1. The molecule has 0 aliphatic carbocycles. The molecule has 120 valence electrons. The molecule has 2 aromatic rings. The van der Waals surface area contributed by atoms with Gasteiger partial charge in [0, 0.05) is 17.7 Å². The van der Waals surface area contributed by atoms with Crippen molar-refractivity contribution in [3.8, 4) is 0 Å². The quantitative estimate of drug-likeness (QED) is 0.624. The van der Waals surface area contributed by atoms with E-state index >= 15 is 0 Å². The van der Waals surface area contributed by atoms with Crippen LogP contribution in [0.4, 0.5) is 5.69 Å². The minimum atomic E-state index is -0.406. The molecule has 0 spiro atoms. The number of nitrogens with zero attached hydrogens (tertiary/aromatic N) is 1. The van der Waals surface area contributed by atoms with Gasteiger partial charge in [0.05, 0.1) is 12.3 Å². The van der Waals surface area contributed by atoms with Gasteiger partial charge >= 0.3 is 5.97 Å². The van der Waals surface area contributed by atoms with Crippen LogP contribution in [0.1, 0.15) is 40.7 Å². The van der Waals surface area contributed by atoms with Gasteiger partial charge in [-0.05, 0) is 31.9 Å². The van der Waals surface area contributed by atoms with E-state index < -0.39 is 5.97 Å². The Kier molecular flexibility index (Phi) is 5.74. The van der Waals surface area contributed by atoms with E-state index in [1.807, 2.05) is 19.9 Å². The first kappa shape index (κ1) is 16.7. The van der Waals surface area contributed by atoms with E-state index in [0.717, 1.165) is 34.3 Å². The van der Waals surface area contributed by atoms with Crippen LogP contribution in [0.3, 0.4) is 0 Å². The van der Waals surface area contributed by atoms with Crippen molar-refractivity contribution in [3.63, 3.8) is 0 Å². The number of carbonyl (C=O) groups is 1. The molecule has 0 aromatic carbocycles. The Morgan fingerprint density at radius 2 is 2.09 bits per heavy atom. The van der Waals surface area contributed by atoms with Crippen LogP contribution in [0.5, 0.6) is 0 Å². The predicted octanol–water partition coefficient (Wildman–Crippen LogP) is 3.47. The number of ether oxygens (including phenoxy) is 2. The fourth-order valence-electron chi connectivity index (χ4n) is 2.23. The number of nitrogens with two attached hydrogens (primary N) is 1. The zero-order chi connectivity index (χ0) is 16.1. The summed E-state index contributed by atoms with van der Waals surface area (Å²) in [5, 5.41) is 0.849. The summed E-state index contributed by atoms with van der Waals surface area (Å²) < 4.78 is 10.6. The number of hydrogen-bond donors (Lipinski definition) is 1. The van der Waals surface area contributed by atoms with Gasteiger partial charge in [-0.25, -0.2) is 9.78 Å². The normalized spacial score (nSPS) is 11.0. The topological polar surface area (TPSA) is 74.4 Å². The lowest BCUT2D eigenvalue weighted by Gasteiger charge is -2.05. The molecule has 0 atom stereocenters. The number of thiophene rings is 1. The number of aryl methyl sites for hydroxylation is 2. The van der Waals surface area contributed by atoms with Crippen molar-refractivity contribution < 1.29 is 14.3 Å². The maximum absolute atomic E-state index is 12.1. The number of rotatable bonds is 7. The molecule has 0 bridgehead atoms. The summed E-state index contributed by atoms with van der Waals surface area (Å²) in [5.41, 5.74) is 8.50. The van der Waals surface area contributed by atoms with Gasteiger partial charge in [0.1, 0.15) is 16.3 Å². The Morgan fingerprint density at radius 3 is 2.82 bits per heavy atom. The molecule has 2 rings (SSSR count). The first-order valence-electron chi connectivity index (χ1n) is 7.45. The molecule has 0 amide bonds. The van der Waals surface area contributed by atoms with Crippen LogP contribution in [0.25, 0.3) is 10.2 Å². The molecule has 5 nitrogen and oxygen atoms in total. The Labute approximate surface area is 134 Å². The molecule has 0 aliphatic rings. The van der Waals surface area contributed by atoms with E-state index in [2.05, 4.69) is 11.9 Å². The summed E-state index contributed by atoms with van der Waals surface area (Å²) in [7, 11) is 0. The van der Waals surface area contributed by atoms with Crippen LogP contribution in [0.15, 0.2) is 6.07 Å². The Bertz CT molecular complexity index is 667. The second-order valence-corrected chi connectivity index (χ2v) is 6.21. The van der Waals surface area contributed by atoms with E-state index in [1.54, 1.807) is 0 Å². The van der Waals surface area contributed by atoms with Crippen LogP contribution in [0.2, 0.25) is 0 Å². The van der Waals surface area contributed by atoms with Crippen molar-refractivity contribution >= 4 is 33.2 Å². The maximum atomic E-state index is 12.1. The number of carbonyl (C=O) groups excluding carboxylic acids is 1. The maximum Gasteiger partial charge on any atom is 0.350 e. The Hall–Kier alpha value is -1.66. The van der Waals surface area contributed by atoms with Crippen molar-refractivity contribution in [1.82, 2.24) is 4.98 Å². The zero-order valence-electron chi connectivity index (χ0n) is 13.3. The second kappa shape index (κ2) is 7.56. The smallest absolute Gasteiger partial charge is 0.350 e. The minimum absolute atomic E-state index is 0.238. The second-order valence-electron chi connectivity index (χ2n) is 5.21. The fraction of sp³-hybridized carbons (Fsp3) is 0.500. The van der Waals surface area contributed by atoms with E-state index in [9.17, 15) is 4.79 Å². The molecule has 2 aromatic heterocycles. The molecule has 0 radical (unpaired) electrons. The van der Waals surface area contributed by atoms with Crippen LogP contribution in [-0.2, 0) is 9.47 Å². The summed E-state index contributed by atoms with van der Waals surface area (Å²) in [6.45, 7) is 7.34. The van der Waals surface area contributed by atoms with Crippen LogP contribution in [0, 0.1) is 13.8 Å². The minimum Gasteiger partial charge on any atom is -0.459 e. The highest BCUT2D eigenvalue weighted by molar-refractivity contribution is 7.21. The van der Waals surface area contributed by atoms with Crippen LogP contribution in [-0.4, -0.2) is 30.8 Å². The molecule has 0 saturated heterocycles. The number of unbranched alkanes of at least 4 members (excludes halogenated alkanes) is 1. The molecular weight excluding hydrogens is 300 g/mol. The highest BCUT2D eigenvalue weighted by Crippen LogP contribution is 2.35. The fourth-order valence-corrected chi connectivity index (χ4v) is 3.34. The standard InChI is InChI=1S/C16H22N2O3S/c1-4-5-6-20-7-8-21-16(19)14-13(17)12-10(2)9-11(3)18-15(12)22-14/h9H,4-8,17H2,1-3H3. The summed E-state index contributed by atoms with van der Waals surface area (Å²) in [6.07, 6.45) is 2.10. The predicted molar refractivity (Wildman–Crippen MR) is 89.5 cm³/mol. The van der Waals surface area contributed by atoms with E-state index in [1.165, 1.54) is 11.3 Å². The third-order valence-electron chi connectivity index (χ3n) is 3.31. The molecule has 6 heteroatoms. The summed E-state index contributed by atoms with van der Waals surface area (Å²) in [6, 6.07) is 1.96. The van der Waals surface area contributed by atoms with Crippen molar-refractivity contribution in [2.45, 2.75) is 33.6 Å². The monoisotopic (exact) mass is 322 g/mol. The summed E-state index contributed by atoms with van der Waals surface area (Å²) in [4.78, 5) is 17.8. The number of aromatic nitrogens is 1. The number of nitrogen functional groups attached to an aromatic ring is 1. The summed E-state index contributed by atoms with van der Waals surface area (Å²) in [5.74, 6) is -0.406. The molecule has 2 heterocycles. The van der Waals surface area contributed by atoms with Gasteiger partial charge in [0.25, 0.3) is 0 Å². The first-order valence-corrected chi connectivity index (χ1v) is 8.27. The SMILES string of the molecule is CCCCOCCOC(=O)c1sc2nc(C)cc(C)c2c1N. The van der Waals surface area contributed by atoms with Crippen molar-refractivity contribution in [2.75, 3.05) is 25.6 Å².